The third-order valence-electron chi connectivity index (χ3n) is 4.10. The molecule has 0 heterocycles. The molecule has 0 bridgehead atoms. The molecule has 3 atom stereocenters. The van der Waals surface area contributed by atoms with Gasteiger partial charge in [0.1, 0.15) is 11.5 Å². The highest BCUT2D eigenvalue weighted by molar-refractivity contribution is 5.42. The zero-order valence-electron chi connectivity index (χ0n) is 12.6. The maximum absolute atomic E-state index is 10.1. The van der Waals surface area contributed by atoms with Gasteiger partial charge in [-0.1, -0.05) is 18.9 Å². The SMILES string of the molecule is COc1ccc(C(C)NC2CCCCC2O)c(OC)c1. The van der Waals surface area contributed by atoms with Crippen molar-refractivity contribution < 1.29 is 14.6 Å². The lowest BCUT2D eigenvalue weighted by Gasteiger charge is -2.31. The maximum atomic E-state index is 10.1. The molecule has 3 unspecified atom stereocenters. The highest BCUT2D eigenvalue weighted by Gasteiger charge is 2.25. The minimum Gasteiger partial charge on any atom is -0.497 e. The van der Waals surface area contributed by atoms with Crippen molar-refractivity contribution in [3.05, 3.63) is 23.8 Å². The second-order valence-electron chi connectivity index (χ2n) is 5.45. The van der Waals surface area contributed by atoms with Crippen molar-refractivity contribution in [1.29, 1.82) is 0 Å². The van der Waals surface area contributed by atoms with Crippen molar-refractivity contribution in [2.45, 2.75) is 50.8 Å². The maximum Gasteiger partial charge on any atom is 0.127 e. The predicted molar refractivity (Wildman–Crippen MR) is 79.4 cm³/mol. The Hall–Kier alpha value is -1.26. The van der Waals surface area contributed by atoms with Crippen molar-refractivity contribution in [2.75, 3.05) is 14.2 Å². The van der Waals surface area contributed by atoms with Crippen molar-refractivity contribution in [1.82, 2.24) is 5.32 Å². The Labute approximate surface area is 121 Å². The van der Waals surface area contributed by atoms with Gasteiger partial charge in [-0.05, 0) is 25.8 Å². The van der Waals surface area contributed by atoms with Crippen LogP contribution in [0.15, 0.2) is 18.2 Å². The van der Waals surface area contributed by atoms with Crippen molar-refractivity contribution in [3.63, 3.8) is 0 Å². The second-order valence-corrected chi connectivity index (χ2v) is 5.45. The number of nitrogens with one attached hydrogen (secondary N) is 1. The van der Waals surface area contributed by atoms with Crippen LogP contribution in [-0.2, 0) is 0 Å². The van der Waals surface area contributed by atoms with Crippen LogP contribution in [0.1, 0.15) is 44.2 Å². The Kier molecular flexibility index (Phi) is 5.26. The summed E-state index contributed by atoms with van der Waals surface area (Å²) in [6.45, 7) is 2.10. The van der Waals surface area contributed by atoms with Gasteiger partial charge in [0.25, 0.3) is 0 Å². The number of benzene rings is 1. The average Bonchev–Trinajstić information content (AvgIpc) is 2.48. The molecule has 0 spiro atoms. The van der Waals surface area contributed by atoms with Crippen LogP contribution < -0.4 is 14.8 Å². The first kappa shape index (κ1) is 15.1. The zero-order valence-corrected chi connectivity index (χ0v) is 12.6. The van der Waals surface area contributed by atoms with Gasteiger partial charge in [0.05, 0.1) is 20.3 Å². The number of methoxy groups -OCH3 is 2. The van der Waals surface area contributed by atoms with E-state index >= 15 is 0 Å². The smallest absolute Gasteiger partial charge is 0.127 e. The molecule has 1 saturated carbocycles. The van der Waals surface area contributed by atoms with Crippen LogP contribution in [0.25, 0.3) is 0 Å². The van der Waals surface area contributed by atoms with Gasteiger partial charge in [-0.15, -0.1) is 0 Å². The Morgan fingerprint density at radius 3 is 2.60 bits per heavy atom. The van der Waals surface area contributed by atoms with Gasteiger partial charge in [-0.25, -0.2) is 0 Å². The highest BCUT2D eigenvalue weighted by Crippen LogP contribution is 2.30. The fourth-order valence-electron chi connectivity index (χ4n) is 2.89. The first-order valence-corrected chi connectivity index (χ1v) is 7.31. The number of hydrogen-bond donors (Lipinski definition) is 2. The van der Waals surface area contributed by atoms with Crippen LogP contribution >= 0.6 is 0 Å². The quantitative estimate of drug-likeness (QED) is 0.870. The molecule has 4 heteroatoms. The van der Waals surface area contributed by atoms with Crippen LogP contribution in [0.5, 0.6) is 11.5 Å². The van der Waals surface area contributed by atoms with E-state index in [2.05, 4.69) is 12.2 Å². The number of aliphatic hydroxyl groups excluding tert-OH is 1. The molecule has 0 aliphatic heterocycles. The predicted octanol–water partition coefficient (Wildman–Crippen LogP) is 2.66. The molecule has 0 amide bonds. The molecule has 112 valence electrons. The van der Waals surface area contributed by atoms with Crippen LogP contribution in [0.2, 0.25) is 0 Å². The van der Waals surface area contributed by atoms with Crippen LogP contribution in [-0.4, -0.2) is 31.5 Å². The third-order valence-corrected chi connectivity index (χ3v) is 4.10. The van der Waals surface area contributed by atoms with E-state index in [1.165, 1.54) is 6.42 Å². The van der Waals surface area contributed by atoms with Crippen LogP contribution in [0.4, 0.5) is 0 Å². The highest BCUT2D eigenvalue weighted by atomic mass is 16.5. The summed E-state index contributed by atoms with van der Waals surface area (Å²) >= 11 is 0. The van der Waals surface area contributed by atoms with Crippen molar-refractivity contribution in [2.24, 2.45) is 0 Å². The summed E-state index contributed by atoms with van der Waals surface area (Å²) in [7, 11) is 3.31. The van der Waals surface area contributed by atoms with Gasteiger partial charge < -0.3 is 19.9 Å². The second kappa shape index (κ2) is 6.95. The van der Waals surface area contributed by atoms with Gasteiger partial charge in [0.2, 0.25) is 0 Å². The van der Waals surface area contributed by atoms with E-state index in [4.69, 9.17) is 9.47 Å². The minimum atomic E-state index is -0.240. The first-order valence-electron chi connectivity index (χ1n) is 7.31. The minimum absolute atomic E-state index is 0.133. The third kappa shape index (κ3) is 3.44. The molecule has 0 radical (unpaired) electrons. The topological polar surface area (TPSA) is 50.7 Å². The van der Waals surface area contributed by atoms with E-state index in [1.54, 1.807) is 14.2 Å². The molecule has 2 N–H and O–H groups in total. The van der Waals surface area contributed by atoms with Crippen molar-refractivity contribution >= 4 is 0 Å². The summed E-state index contributed by atoms with van der Waals surface area (Å²) in [6, 6.07) is 6.15. The number of hydrogen-bond acceptors (Lipinski definition) is 4. The average molecular weight is 279 g/mol. The Bertz CT molecular complexity index is 436. The summed E-state index contributed by atoms with van der Waals surface area (Å²) in [5.41, 5.74) is 1.09. The van der Waals surface area contributed by atoms with E-state index in [9.17, 15) is 5.11 Å². The number of ether oxygens (including phenoxy) is 2. The molecule has 1 aliphatic rings. The Morgan fingerprint density at radius 2 is 1.95 bits per heavy atom. The zero-order chi connectivity index (χ0) is 14.5. The largest absolute Gasteiger partial charge is 0.497 e. The lowest BCUT2D eigenvalue weighted by Crippen LogP contribution is -2.43. The summed E-state index contributed by atoms with van der Waals surface area (Å²) in [5, 5.41) is 13.6. The van der Waals surface area contributed by atoms with E-state index in [0.717, 1.165) is 36.3 Å². The Balaban J connectivity index is 2.09. The summed E-state index contributed by atoms with van der Waals surface area (Å²) in [4.78, 5) is 0. The lowest BCUT2D eigenvalue weighted by atomic mass is 9.91. The van der Waals surface area contributed by atoms with E-state index < -0.39 is 0 Å². The molecule has 2 rings (SSSR count). The fraction of sp³-hybridized carbons (Fsp3) is 0.625. The molecule has 1 aliphatic carbocycles. The fourth-order valence-corrected chi connectivity index (χ4v) is 2.89. The van der Waals surface area contributed by atoms with Gasteiger partial charge in [-0.3, -0.25) is 0 Å². The molecular formula is C16H25NO3. The van der Waals surface area contributed by atoms with E-state index in [0.29, 0.717) is 0 Å². The summed E-state index contributed by atoms with van der Waals surface area (Å²) in [6.07, 6.45) is 3.99. The van der Waals surface area contributed by atoms with Gasteiger partial charge >= 0.3 is 0 Å². The molecule has 1 aromatic carbocycles. The molecule has 20 heavy (non-hydrogen) atoms. The van der Waals surface area contributed by atoms with E-state index in [1.807, 2.05) is 18.2 Å². The van der Waals surface area contributed by atoms with Gasteiger partial charge in [0, 0.05) is 23.7 Å². The number of rotatable bonds is 5. The monoisotopic (exact) mass is 279 g/mol. The van der Waals surface area contributed by atoms with Crippen molar-refractivity contribution in [3.8, 4) is 11.5 Å². The molecule has 1 aromatic rings. The molecule has 4 nitrogen and oxygen atoms in total. The van der Waals surface area contributed by atoms with Crippen LogP contribution in [0, 0.1) is 0 Å². The summed E-state index contributed by atoms with van der Waals surface area (Å²) in [5.74, 6) is 1.60. The standard InChI is InChI=1S/C16H25NO3/c1-11(17-14-6-4-5-7-15(14)18)13-9-8-12(19-2)10-16(13)20-3/h8-11,14-15,17-18H,4-7H2,1-3H3. The number of aliphatic hydroxyl groups is 1. The Morgan fingerprint density at radius 1 is 1.20 bits per heavy atom. The van der Waals surface area contributed by atoms with Gasteiger partial charge in [-0.2, -0.15) is 0 Å². The molecule has 1 fully saturated rings. The lowest BCUT2D eigenvalue weighted by molar-refractivity contribution is 0.0858. The van der Waals surface area contributed by atoms with Gasteiger partial charge in [0.15, 0.2) is 0 Å². The molecule has 0 saturated heterocycles. The normalized spacial score (nSPS) is 24.2. The van der Waals surface area contributed by atoms with Crippen LogP contribution in [0.3, 0.4) is 0 Å². The first-order chi connectivity index (χ1) is 9.65. The molecule has 0 aromatic heterocycles. The molecular weight excluding hydrogens is 254 g/mol. The van der Waals surface area contributed by atoms with E-state index in [-0.39, 0.29) is 18.2 Å². The summed E-state index contributed by atoms with van der Waals surface area (Å²) < 4.78 is 10.7.